The Morgan fingerprint density at radius 1 is 1.40 bits per heavy atom. The lowest BCUT2D eigenvalue weighted by Crippen LogP contribution is -2.50. The van der Waals surface area contributed by atoms with Crippen molar-refractivity contribution in [3.63, 3.8) is 0 Å². The Morgan fingerprint density at radius 2 is 2.20 bits per heavy atom. The Bertz CT molecular complexity index is 562. The van der Waals surface area contributed by atoms with E-state index in [-0.39, 0.29) is 11.9 Å². The Kier molecular flexibility index (Phi) is 8.12. The summed E-state index contributed by atoms with van der Waals surface area (Å²) < 4.78 is 20.0. The minimum Gasteiger partial charge on any atom is -0.374 e. The van der Waals surface area contributed by atoms with Gasteiger partial charge in [-0.1, -0.05) is 29.8 Å². The number of ether oxygens (including phenoxy) is 1. The fourth-order valence-corrected chi connectivity index (χ4v) is 3.43. The van der Waals surface area contributed by atoms with Crippen LogP contribution < -0.4 is 10.6 Å². The molecule has 0 aromatic heterocycles. The smallest absolute Gasteiger partial charge is 0.191 e. The molecule has 0 aliphatic carbocycles. The van der Waals surface area contributed by atoms with Crippen LogP contribution in [0.15, 0.2) is 27.7 Å². The number of guanidine groups is 1. The highest BCUT2D eigenvalue weighted by Crippen LogP contribution is 2.14. The Morgan fingerprint density at radius 3 is 2.88 bits per heavy atom. The minimum absolute atomic E-state index is 0.148. The molecule has 1 aromatic rings. The molecule has 7 heteroatoms. The average Bonchev–Trinajstić information content (AvgIpc) is 2.54. The van der Waals surface area contributed by atoms with Gasteiger partial charge in [0.25, 0.3) is 0 Å². The van der Waals surface area contributed by atoms with E-state index in [9.17, 15) is 4.39 Å². The van der Waals surface area contributed by atoms with E-state index in [0.29, 0.717) is 25.0 Å². The molecule has 0 amide bonds. The lowest BCUT2D eigenvalue weighted by Gasteiger charge is -2.34. The lowest BCUT2D eigenvalue weighted by atomic mass is 10.2. The number of nitrogens with one attached hydrogen (secondary N) is 2. The van der Waals surface area contributed by atoms with E-state index in [1.807, 2.05) is 6.07 Å². The van der Waals surface area contributed by atoms with Gasteiger partial charge >= 0.3 is 0 Å². The van der Waals surface area contributed by atoms with E-state index in [0.717, 1.165) is 36.3 Å². The van der Waals surface area contributed by atoms with Crippen LogP contribution in [0, 0.1) is 11.7 Å². The molecule has 1 fully saturated rings. The second-order valence-electron chi connectivity index (χ2n) is 6.73. The summed E-state index contributed by atoms with van der Waals surface area (Å²) >= 11 is 3.31. The van der Waals surface area contributed by atoms with Gasteiger partial charge in [0, 0.05) is 44.2 Å². The summed E-state index contributed by atoms with van der Waals surface area (Å²) in [7, 11) is 1.73. The van der Waals surface area contributed by atoms with E-state index in [2.05, 4.69) is 50.3 Å². The molecule has 1 heterocycles. The number of benzene rings is 1. The molecule has 1 aromatic carbocycles. The van der Waals surface area contributed by atoms with Gasteiger partial charge in [-0.05, 0) is 29.7 Å². The topological polar surface area (TPSA) is 48.9 Å². The zero-order valence-corrected chi connectivity index (χ0v) is 16.8. The number of morpholine rings is 1. The van der Waals surface area contributed by atoms with Gasteiger partial charge in [-0.3, -0.25) is 9.89 Å². The molecule has 0 saturated carbocycles. The first-order valence-electron chi connectivity index (χ1n) is 8.69. The predicted molar refractivity (Wildman–Crippen MR) is 103 cm³/mol. The average molecular weight is 415 g/mol. The van der Waals surface area contributed by atoms with E-state index in [1.165, 1.54) is 12.1 Å². The van der Waals surface area contributed by atoms with Crippen molar-refractivity contribution in [3.8, 4) is 0 Å². The molecular weight excluding hydrogens is 387 g/mol. The predicted octanol–water partition coefficient (Wildman–Crippen LogP) is 2.61. The van der Waals surface area contributed by atoms with Gasteiger partial charge in [0.2, 0.25) is 0 Å². The molecule has 0 spiro atoms. The SMILES string of the molecule is CN=C(NCc1cc(F)cc(Br)c1)NCC1CN(CC(C)C)CCO1. The highest BCUT2D eigenvalue weighted by Gasteiger charge is 2.21. The van der Waals surface area contributed by atoms with Crippen LogP contribution in [0.25, 0.3) is 0 Å². The van der Waals surface area contributed by atoms with Crippen molar-refractivity contribution < 1.29 is 9.13 Å². The molecule has 1 atom stereocenters. The third-order valence-electron chi connectivity index (χ3n) is 3.95. The van der Waals surface area contributed by atoms with Crippen molar-refractivity contribution in [2.45, 2.75) is 26.5 Å². The standard InChI is InChI=1S/C18H28BrFN4O/c1-13(2)11-24-4-5-25-17(12-24)10-23-18(21-3)22-9-14-6-15(19)8-16(20)7-14/h6-8,13,17H,4-5,9-12H2,1-3H3,(H2,21,22,23). The van der Waals surface area contributed by atoms with Gasteiger partial charge in [-0.15, -0.1) is 0 Å². The maximum atomic E-state index is 13.4. The van der Waals surface area contributed by atoms with E-state index >= 15 is 0 Å². The third-order valence-corrected chi connectivity index (χ3v) is 4.41. The number of hydrogen-bond acceptors (Lipinski definition) is 3. The maximum absolute atomic E-state index is 13.4. The van der Waals surface area contributed by atoms with Crippen LogP contribution in [0.5, 0.6) is 0 Å². The molecular formula is C18H28BrFN4O. The van der Waals surface area contributed by atoms with Crippen LogP contribution in [0.3, 0.4) is 0 Å². The summed E-state index contributed by atoms with van der Waals surface area (Å²) in [5, 5.41) is 6.50. The second kappa shape index (κ2) is 10.1. The molecule has 2 rings (SSSR count). The highest BCUT2D eigenvalue weighted by molar-refractivity contribution is 9.10. The quantitative estimate of drug-likeness (QED) is 0.554. The fraction of sp³-hybridized carbons (Fsp3) is 0.611. The summed E-state index contributed by atoms with van der Waals surface area (Å²) in [5.74, 6) is 1.09. The van der Waals surface area contributed by atoms with Gasteiger partial charge in [0.1, 0.15) is 5.82 Å². The first-order chi connectivity index (χ1) is 12.0. The van der Waals surface area contributed by atoms with E-state index in [1.54, 1.807) is 7.05 Å². The molecule has 1 aliphatic rings. The molecule has 0 radical (unpaired) electrons. The summed E-state index contributed by atoms with van der Waals surface area (Å²) in [6.07, 6.45) is 0.148. The second-order valence-corrected chi connectivity index (χ2v) is 7.65. The number of hydrogen-bond donors (Lipinski definition) is 2. The van der Waals surface area contributed by atoms with Crippen LogP contribution in [0.2, 0.25) is 0 Å². The highest BCUT2D eigenvalue weighted by atomic mass is 79.9. The number of rotatable bonds is 6. The first-order valence-corrected chi connectivity index (χ1v) is 9.49. The minimum atomic E-state index is -0.255. The normalized spacial score (nSPS) is 19.3. The van der Waals surface area contributed by atoms with Gasteiger partial charge in [-0.2, -0.15) is 0 Å². The van der Waals surface area contributed by atoms with E-state index in [4.69, 9.17) is 4.74 Å². The molecule has 5 nitrogen and oxygen atoms in total. The fourth-order valence-electron chi connectivity index (χ4n) is 2.92. The molecule has 2 N–H and O–H groups in total. The van der Waals surface area contributed by atoms with Crippen LogP contribution >= 0.6 is 15.9 Å². The Labute approximate surface area is 158 Å². The molecule has 1 unspecified atom stereocenters. The Hall–Kier alpha value is -1.18. The molecule has 140 valence electrons. The van der Waals surface area contributed by atoms with Crippen molar-refractivity contribution in [1.82, 2.24) is 15.5 Å². The summed E-state index contributed by atoms with van der Waals surface area (Å²) in [6.45, 7) is 9.46. The van der Waals surface area contributed by atoms with Gasteiger partial charge in [-0.25, -0.2) is 4.39 Å². The van der Waals surface area contributed by atoms with Gasteiger partial charge in [0.15, 0.2) is 5.96 Å². The van der Waals surface area contributed by atoms with Crippen LogP contribution in [-0.2, 0) is 11.3 Å². The van der Waals surface area contributed by atoms with Crippen molar-refractivity contribution in [2.75, 3.05) is 39.8 Å². The zero-order valence-electron chi connectivity index (χ0n) is 15.2. The summed E-state index contributed by atoms with van der Waals surface area (Å²) in [6, 6.07) is 4.84. The maximum Gasteiger partial charge on any atom is 0.191 e. The lowest BCUT2D eigenvalue weighted by molar-refractivity contribution is -0.0284. The third kappa shape index (κ3) is 7.30. The zero-order chi connectivity index (χ0) is 18.2. The number of nitrogens with zero attached hydrogens (tertiary/aromatic N) is 2. The van der Waals surface area contributed by atoms with E-state index < -0.39 is 0 Å². The van der Waals surface area contributed by atoms with Crippen molar-refractivity contribution in [3.05, 3.63) is 34.1 Å². The monoisotopic (exact) mass is 414 g/mol. The van der Waals surface area contributed by atoms with Crippen LogP contribution in [0.4, 0.5) is 4.39 Å². The summed E-state index contributed by atoms with van der Waals surface area (Å²) in [5.41, 5.74) is 0.854. The van der Waals surface area contributed by atoms with Crippen molar-refractivity contribution in [2.24, 2.45) is 10.9 Å². The molecule has 0 bridgehead atoms. The largest absolute Gasteiger partial charge is 0.374 e. The van der Waals surface area contributed by atoms with Crippen LogP contribution in [-0.4, -0.2) is 56.8 Å². The summed E-state index contributed by atoms with van der Waals surface area (Å²) in [4.78, 5) is 6.66. The van der Waals surface area contributed by atoms with Crippen LogP contribution in [0.1, 0.15) is 19.4 Å². The molecule has 25 heavy (non-hydrogen) atoms. The van der Waals surface area contributed by atoms with Gasteiger partial charge < -0.3 is 15.4 Å². The molecule has 1 aliphatic heterocycles. The Balaban J connectivity index is 1.78. The number of halogens is 2. The first kappa shape index (κ1) is 20.1. The molecule has 1 saturated heterocycles. The van der Waals surface area contributed by atoms with Crippen molar-refractivity contribution in [1.29, 1.82) is 0 Å². The number of aliphatic imine (C=N–C) groups is 1. The van der Waals surface area contributed by atoms with Gasteiger partial charge in [0.05, 0.1) is 12.7 Å². The van der Waals surface area contributed by atoms with Crippen molar-refractivity contribution >= 4 is 21.9 Å².